The predicted molar refractivity (Wildman–Crippen MR) is 99.0 cm³/mol. The smallest absolute Gasteiger partial charge is 0.338 e. The number of thiophene rings is 1. The first kappa shape index (κ1) is 20.2. The molecule has 8 nitrogen and oxygen atoms in total. The average Bonchev–Trinajstić information content (AvgIpc) is 3.20. The topological polar surface area (TPSA) is 103 Å². The summed E-state index contributed by atoms with van der Waals surface area (Å²) in [6, 6.07) is 7.95. The van der Waals surface area contributed by atoms with E-state index in [1.807, 2.05) is 13.8 Å². The molecule has 0 fully saturated rings. The molecule has 0 unspecified atom stereocenters. The summed E-state index contributed by atoms with van der Waals surface area (Å²) in [6.45, 7) is 3.98. The average molecular weight is 392 g/mol. The molecule has 0 saturated carbocycles. The van der Waals surface area contributed by atoms with Crippen LogP contribution in [0.1, 0.15) is 33.9 Å². The highest BCUT2D eigenvalue weighted by atomic mass is 32.1. The first-order valence-corrected chi connectivity index (χ1v) is 9.12. The van der Waals surface area contributed by atoms with Gasteiger partial charge >= 0.3 is 5.97 Å². The van der Waals surface area contributed by atoms with Gasteiger partial charge in [0, 0.05) is 0 Å². The first-order chi connectivity index (χ1) is 13.0. The Morgan fingerprint density at radius 3 is 2.41 bits per heavy atom. The minimum Gasteiger partial charge on any atom is -0.490 e. The second-order valence-corrected chi connectivity index (χ2v) is 6.03. The summed E-state index contributed by atoms with van der Waals surface area (Å²) in [6.07, 6.45) is 0. The summed E-state index contributed by atoms with van der Waals surface area (Å²) in [4.78, 5) is 36.0. The quantitative estimate of drug-likeness (QED) is 0.527. The number of hydrogen-bond acceptors (Lipinski definition) is 7. The summed E-state index contributed by atoms with van der Waals surface area (Å²) in [7, 11) is 0. The zero-order chi connectivity index (χ0) is 19.6. The van der Waals surface area contributed by atoms with Crippen LogP contribution in [-0.4, -0.2) is 37.6 Å². The van der Waals surface area contributed by atoms with Gasteiger partial charge in [0.15, 0.2) is 18.1 Å². The number of hydrazine groups is 1. The lowest BCUT2D eigenvalue weighted by Crippen LogP contribution is -2.43. The largest absolute Gasteiger partial charge is 0.490 e. The standard InChI is InChI=1S/C18H20N2O6S/c1-3-24-13-8-7-12(10-14(13)25-4-2)18(23)26-11-16(21)19-20-17(22)15-6-5-9-27-15/h5-10H,3-4,11H2,1-2H3,(H,19,21)(H,20,22). The number of carbonyl (C=O) groups is 3. The van der Waals surface area contributed by atoms with Gasteiger partial charge in [-0.1, -0.05) is 6.07 Å². The highest BCUT2D eigenvalue weighted by Crippen LogP contribution is 2.28. The molecule has 0 aliphatic carbocycles. The number of amides is 2. The molecule has 0 aliphatic heterocycles. The summed E-state index contributed by atoms with van der Waals surface area (Å²) < 4.78 is 15.8. The number of hydrogen-bond donors (Lipinski definition) is 2. The molecular weight excluding hydrogens is 372 g/mol. The molecule has 2 amide bonds. The van der Waals surface area contributed by atoms with E-state index in [2.05, 4.69) is 10.9 Å². The molecule has 0 radical (unpaired) electrons. The minimum atomic E-state index is -0.696. The van der Waals surface area contributed by atoms with Crippen LogP contribution in [0.15, 0.2) is 35.7 Å². The molecule has 1 aromatic carbocycles. The third-order valence-electron chi connectivity index (χ3n) is 3.17. The first-order valence-electron chi connectivity index (χ1n) is 8.24. The number of esters is 1. The third kappa shape index (κ3) is 6.00. The van der Waals surface area contributed by atoms with Gasteiger partial charge in [0.25, 0.3) is 11.8 Å². The van der Waals surface area contributed by atoms with E-state index >= 15 is 0 Å². The van der Waals surface area contributed by atoms with Crippen molar-refractivity contribution >= 4 is 29.1 Å². The fourth-order valence-electron chi connectivity index (χ4n) is 2.02. The van der Waals surface area contributed by atoms with Crippen molar-refractivity contribution in [2.75, 3.05) is 19.8 Å². The summed E-state index contributed by atoms with van der Waals surface area (Å²) in [5.41, 5.74) is 4.64. The van der Waals surface area contributed by atoms with Crippen LogP contribution in [0.5, 0.6) is 11.5 Å². The highest BCUT2D eigenvalue weighted by molar-refractivity contribution is 7.12. The van der Waals surface area contributed by atoms with Gasteiger partial charge in [-0.2, -0.15) is 0 Å². The Hall–Kier alpha value is -3.07. The zero-order valence-electron chi connectivity index (χ0n) is 14.9. The summed E-state index contributed by atoms with van der Waals surface area (Å²) in [5, 5.41) is 1.74. The van der Waals surface area contributed by atoms with Crippen LogP contribution in [-0.2, 0) is 9.53 Å². The van der Waals surface area contributed by atoms with Crippen molar-refractivity contribution in [3.63, 3.8) is 0 Å². The van der Waals surface area contributed by atoms with E-state index in [4.69, 9.17) is 14.2 Å². The summed E-state index contributed by atoms with van der Waals surface area (Å²) in [5.74, 6) is -0.869. The van der Waals surface area contributed by atoms with Gasteiger partial charge in [-0.05, 0) is 43.5 Å². The Labute approximate surface area is 160 Å². The molecule has 27 heavy (non-hydrogen) atoms. The second kappa shape index (κ2) is 10.2. The third-order valence-corrected chi connectivity index (χ3v) is 4.04. The molecule has 2 aromatic rings. The number of ether oxygens (including phenoxy) is 3. The number of benzene rings is 1. The lowest BCUT2D eigenvalue weighted by Gasteiger charge is -2.12. The molecule has 1 heterocycles. The molecule has 9 heteroatoms. The maximum Gasteiger partial charge on any atom is 0.338 e. The van der Waals surface area contributed by atoms with Crippen molar-refractivity contribution in [3.8, 4) is 11.5 Å². The van der Waals surface area contributed by atoms with Crippen LogP contribution < -0.4 is 20.3 Å². The minimum absolute atomic E-state index is 0.220. The predicted octanol–water partition coefficient (Wildman–Crippen LogP) is 2.16. The van der Waals surface area contributed by atoms with Gasteiger partial charge < -0.3 is 14.2 Å². The van der Waals surface area contributed by atoms with Gasteiger partial charge in [-0.3, -0.25) is 20.4 Å². The van der Waals surface area contributed by atoms with E-state index in [0.29, 0.717) is 29.6 Å². The molecule has 0 bridgehead atoms. The van der Waals surface area contributed by atoms with E-state index in [-0.39, 0.29) is 5.56 Å². The number of carbonyl (C=O) groups excluding carboxylic acids is 3. The van der Waals surface area contributed by atoms with Crippen LogP contribution in [0.3, 0.4) is 0 Å². The van der Waals surface area contributed by atoms with Crippen LogP contribution in [0.4, 0.5) is 0 Å². The molecule has 0 aliphatic rings. The van der Waals surface area contributed by atoms with Crippen LogP contribution in [0.25, 0.3) is 0 Å². The van der Waals surface area contributed by atoms with Gasteiger partial charge in [0.1, 0.15) is 0 Å². The molecule has 0 atom stereocenters. The van der Waals surface area contributed by atoms with Crippen LogP contribution in [0.2, 0.25) is 0 Å². The lowest BCUT2D eigenvalue weighted by molar-refractivity contribution is -0.125. The molecule has 0 spiro atoms. The fraction of sp³-hybridized carbons (Fsp3) is 0.278. The van der Waals surface area contributed by atoms with E-state index in [0.717, 1.165) is 0 Å². The Morgan fingerprint density at radius 1 is 1.00 bits per heavy atom. The van der Waals surface area contributed by atoms with Crippen LogP contribution in [0, 0.1) is 0 Å². The van der Waals surface area contributed by atoms with Crippen molar-refractivity contribution in [1.82, 2.24) is 10.9 Å². The maximum atomic E-state index is 12.1. The summed E-state index contributed by atoms with van der Waals surface area (Å²) >= 11 is 1.24. The van der Waals surface area contributed by atoms with E-state index in [9.17, 15) is 14.4 Å². The number of rotatable bonds is 8. The zero-order valence-corrected chi connectivity index (χ0v) is 15.8. The molecule has 2 rings (SSSR count). The molecular formula is C18H20N2O6S. The molecule has 0 saturated heterocycles. The van der Waals surface area contributed by atoms with Crippen molar-refractivity contribution in [1.29, 1.82) is 0 Å². The Morgan fingerprint density at radius 2 is 1.74 bits per heavy atom. The Balaban J connectivity index is 1.86. The second-order valence-electron chi connectivity index (χ2n) is 5.08. The van der Waals surface area contributed by atoms with Gasteiger partial charge in [0.05, 0.1) is 23.7 Å². The van der Waals surface area contributed by atoms with Gasteiger partial charge in [-0.15, -0.1) is 11.3 Å². The van der Waals surface area contributed by atoms with Crippen molar-refractivity contribution < 1.29 is 28.6 Å². The van der Waals surface area contributed by atoms with Crippen molar-refractivity contribution in [2.45, 2.75) is 13.8 Å². The highest BCUT2D eigenvalue weighted by Gasteiger charge is 2.15. The molecule has 144 valence electrons. The van der Waals surface area contributed by atoms with E-state index in [1.165, 1.54) is 23.5 Å². The Kier molecular flexibility index (Phi) is 7.63. The molecule has 1 aromatic heterocycles. The monoisotopic (exact) mass is 392 g/mol. The maximum absolute atomic E-state index is 12.1. The lowest BCUT2D eigenvalue weighted by atomic mass is 10.2. The van der Waals surface area contributed by atoms with Gasteiger partial charge in [-0.25, -0.2) is 4.79 Å². The number of nitrogens with one attached hydrogen (secondary N) is 2. The van der Waals surface area contributed by atoms with Crippen molar-refractivity contribution in [3.05, 3.63) is 46.2 Å². The SMILES string of the molecule is CCOc1ccc(C(=O)OCC(=O)NNC(=O)c2cccs2)cc1OCC. The van der Waals surface area contributed by atoms with Crippen molar-refractivity contribution in [2.24, 2.45) is 0 Å². The normalized spacial score (nSPS) is 10.0. The van der Waals surface area contributed by atoms with Gasteiger partial charge in [0.2, 0.25) is 0 Å². The Bertz CT molecular complexity index is 791. The molecule has 2 N–H and O–H groups in total. The van der Waals surface area contributed by atoms with E-state index < -0.39 is 24.4 Å². The van der Waals surface area contributed by atoms with Crippen LogP contribution >= 0.6 is 11.3 Å². The fourth-order valence-corrected chi connectivity index (χ4v) is 2.64. The van der Waals surface area contributed by atoms with E-state index in [1.54, 1.807) is 23.6 Å².